The van der Waals surface area contributed by atoms with E-state index < -0.39 is 12.1 Å². The minimum Gasteiger partial charge on any atom is -0.484 e. The van der Waals surface area contributed by atoms with Crippen molar-refractivity contribution in [1.29, 1.82) is 0 Å². The summed E-state index contributed by atoms with van der Waals surface area (Å²) in [5, 5.41) is 19.8. The molecule has 0 saturated carbocycles. The maximum atomic E-state index is 11.3. The van der Waals surface area contributed by atoms with Crippen LogP contribution < -0.4 is 10.1 Å². The Kier molecular flexibility index (Phi) is 5.66. The van der Waals surface area contributed by atoms with Gasteiger partial charge in [0.25, 0.3) is 5.91 Å². The van der Waals surface area contributed by atoms with Gasteiger partial charge in [0.05, 0.1) is 0 Å². The largest absolute Gasteiger partial charge is 0.484 e. The highest BCUT2D eigenvalue weighted by Gasteiger charge is 2.12. The van der Waals surface area contributed by atoms with Crippen molar-refractivity contribution >= 4 is 11.9 Å². The van der Waals surface area contributed by atoms with Crippen LogP contribution in [0.15, 0.2) is 30.3 Å². The number of aliphatic carboxylic acids is 1. The van der Waals surface area contributed by atoms with Gasteiger partial charge < -0.3 is 20.3 Å². The SMILES string of the molecule is O=C(COc1ccccc1)NCC[C@H](O)C(=O)O. The van der Waals surface area contributed by atoms with Gasteiger partial charge in [-0.1, -0.05) is 18.2 Å². The van der Waals surface area contributed by atoms with Gasteiger partial charge in [0, 0.05) is 13.0 Å². The van der Waals surface area contributed by atoms with Crippen LogP contribution in [0.3, 0.4) is 0 Å². The highest BCUT2D eigenvalue weighted by Crippen LogP contribution is 2.07. The molecular weight excluding hydrogens is 238 g/mol. The molecule has 6 heteroatoms. The lowest BCUT2D eigenvalue weighted by Crippen LogP contribution is -2.33. The Bertz CT molecular complexity index is 393. The van der Waals surface area contributed by atoms with Crippen molar-refractivity contribution in [2.24, 2.45) is 0 Å². The van der Waals surface area contributed by atoms with E-state index in [4.69, 9.17) is 14.9 Å². The summed E-state index contributed by atoms with van der Waals surface area (Å²) in [4.78, 5) is 21.6. The summed E-state index contributed by atoms with van der Waals surface area (Å²) in [6.45, 7) is -0.0579. The zero-order chi connectivity index (χ0) is 13.4. The van der Waals surface area contributed by atoms with Crippen molar-refractivity contribution in [3.05, 3.63) is 30.3 Å². The van der Waals surface area contributed by atoms with Crippen molar-refractivity contribution in [3.8, 4) is 5.75 Å². The number of carboxylic acids is 1. The minimum atomic E-state index is -1.46. The van der Waals surface area contributed by atoms with Gasteiger partial charge in [-0.25, -0.2) is 4.79 Å². The Balaban J connectivity index is 2.17. The Morgan fingerprint density at radius 2 is 1.94 bits per heavy atom. The zero-order valence-electron chi connectivity index (χ0n) is 9.70. The first-order valence-electron chi connectivity index (χ1n) is 5.45. The Morgan fingerprint density at radius 1 is 1.28 bits per heavy atom. The average molecular weight is 253 g/mol. The van der Waals surface area contributed by atoms with E-state index in [1.54, 1.807) is 24.3 Å². The quantitative estimate of drug-likeness (QED) is 0.636. The first-order chi connectivity index (χ1) is 8.59. The number of carbonyl (C=O) groups excluding carboxylic acids is 1. The molecule has 6 nitrogen and oxygen atoms in total. The van der Waals surface area contributed by atoms with E-state index in [9.17, 15) is 9.59 Å². The van der Waals surface area contributed by atoms with Gasteiger partial charge in [0.15, 0.2) is 12.7 Å². The number of hydrogen-bond donors (Lipinski definition) is 3. The number of para-hydroxylation sites is 1. The highest BCUT2D eigenvalue weighted by molar-refractivity contribution is 5.77. The molecule has 18 heavy (non-hydrogen) atoms. The molecule has 0 spiro atoms. The molecule has 0 aromatic heterocycles. The minimum absolute atomic E-state index is 0.0353. The topological polar surface area (TPSA) is 95.9 Å². The van der Waals surface area contributed by atoms with E-state index in [-0.39, 0.29) is 25.5 Å². The van der Waals surface area contributed by atoms with Crippen LogP contribution in [0.2, 0.25) is 0 Å². The number of carbonyl (C=O) groups is 2. The van der Waals surface area contributed by atoms with Gasteiger partial charge in [-0.15, -0.1) is 0 Å². The van der Waals surface area contributed by atoms with Crippen molar-refractivity contribution < 1.29 is 24.5 Å². The second-order valence-electron chi connectivity index (χ2n) is 3.59. The van der Waals surface area contributed by atoms with E-state index in [2.05, 4.69) is 5.32 Å². The molecule has 0 unspecified atom stereocenters. The number of benzene rings is 1. The molecule has 98 valence electrons. The molecule has 1 aromatic rings. The fourth-order valence-electron chi connectivity index (χ4n) is 1.19. The van der Waals surface area contributed by atoms with Gasteiger partial charge in [-0.2, -0.15) is 0 Å². The Morgan fingerprint density at radius 3 is 2.56 bits per heavy atom. The lowest BCUT2D eigenvalue weighted by atomic mass is 10.2. The van der Waals surface area contributed by atoms with Gasteiger partial charge in [0.2, 0.25) is 0 Å². The number of amides is 1. The lowest BCUT2D eigenvalue weighted by Gasteiger charge is -2.08. The fourth-order valence-corrected chi connectivity index (χ4v) is 1.19. The molecule has 1 aromatic carbocycles. The third-order valence-electron chi connectivity index (χ3n) is 2.14. The molecule has 0 saturated heterocycles. The van der Waals surface area contributed by atoms with E-state index in [0.717, 1.165) is 0 Å². The summed E-state index contributed by atoms with van der Waals surface area (Å²) in [5.41, 5.74) is 0. The normalized spacial score (nSPS) is 11.6. The molecule has 0 heterocycles. The summed E-state index contributed by atoms with van der Waals surface area (Å²) in [5.74, 6) is -1.08. The van der Waals surface area contributed by atoms with E-state index in [1.807, 2.05) is 6.07 Å². The third-order valence-corrected chi connectivity index (χ3v) is 2.14. The number of rotatable bonds is 7. The number of hydrogen-bond acceptors (Lipinski definition) is 4. The van der Waals surface area contributed by atoms with Crippen LogP contribution in [-0.2, 0) is 9.59 Å². The van der Waals surface area contributed by atoms with Crippen molar-refractivity contribution in [2.45, 2.75) is 12.5 Å². The monoisotopic (exact) mass is 253 g/mol. The predicted octanol–water partition coefficient (Wildman–Crippen LogP) is 0.0172. The van der Waals surface area contributed by atoms with Crippen LogP contribution in [-0.4, -0.2) is 41.3 Å². The molecule has 0 aliphatic heterocycles. The molecule has 0 fully saturated rings. The van der Waals surface area contributed by atoms with Crippen LogP contribution in [0.25, 0.3) is 0 Å². The van der Waals surface area contributed by atoms with Crippen molar-refractivity contribution in [1.82, 2.24) is 5.32 Å². The molecular formula is C12H15NO5. The second-order valence-corrected chi connectivity index (χ2v) is 3.59. The van der Waals surface area contributed by atoms with Crippen LogP contribution in [0.4, 0.5) is 0 Å². The molecule has 0 aliphatic rings. The number of aliphatic hydroxyl groups excluding tert-OH is 1. The van der Waals surface area contributed by atoms with Crippen molar-refractivity contribution in [2.75, 3.05) is 13.2 Å². The lowest BCUT2D eigenvalue weighted by molar-refractivity contribution is -0.147. The first kappa shape index (κ1) is 14.0. The van der Waals surface area contributed by atoms with E-state index >= 15 is 0 Å². The smallest absolute Gasteiger partial charge is 0.332 e. The molecule has 0 bridgehead atoms. The summed E-state index contributed by atoms with van der Waals surface area (Å²) in [6, 6.07) is 8.86. The Labute approximate surface area is 104 Å². The molecule has 1 atom stereocenters. The maximum absolute atomic E-state index is 11.3. The molecule has 3 N–H and O–H groups in total. The van der Waals surface area contributed by atoms with Crippen LogP contribution in [0, 0.1) is 0 Å². The first-order valence-corrected chi connectivity index (χ1v) is 5.45. The Hall–Kier alpha value is -2.08. The molecule has 0 aliphatic carbocycles. The number of carboxylic acid groups (broad SMARTS) is 1. The van der Waals surface area contributed by atoms with Gasteiger partial charge in [-0.3, -0.25) is 4.79 Å². The van der Waals surface area contributed by atoms with E-state index in [1.165, 1.54) is 0 Å². The summed E-state index contributed by atoms with van der Waals surface area (Å²) < 4.78 is 5.18. The van der Waals surface area contributed by atoms with Gasteiger partial charge >= 0.3 is 5.97 Å². The maximum Gasteiger partial charge on any atom is 0.332 e. The van der Waals surface area contributed by atoms with Crippen LogP contribution in [0.5, 0.6) is 5.75 Å². The molecule has 1 amide bonds. The van der Waals surface area contributed by atoms with E-state index in [0.29, 0.717) is 5.75 Å². The van der Waals surface area contributed by atoms with Crippen LogP contribution >= 0.6 is 0 Å². The summed E-state index contributed by atoms with van der Waals surface area (Å²) in [7, 11) is 0. The number of aliphatic hydroxyl groups is 1. The standard InChI is InChI=1S/C12H15NO5/c14-10(12(16)17)6-7-13-11(15)8-18-9-4-2-1-3-5-9/h1-5,10,14H,6-8H2,(H,13,15)(H,16,17)/t10-/m0/s1. The summed E-state index contributed by atoms with van der Waals surface area (Å²) >= 11 is 0. The average Bonchev–Trinajstić information content (AvgIpc) is 2.37. The van der Waals surface area contributed by atoms with Crippen molar-refractivity contribution in [3.63, 3.8) is 0 Å². The number of ether oxygens (including phenoxy) is 1. The predicted molar refractivity (Wildman–Crippen MR) is 63.2 cm³/mol. The molecule has 0 radical (unpaired) electrons. The number of nitrogens with one attached hydrogen (secondary N) is 1. The van der Waals surface area contributed by atoms with Gasteiger partial charge in [0.1, 0.15) is 5.75 Å². The highest BCUT2D eigenvalue weighted by atomic mass is 16.5. The zero-order valence-corrected chi connectivity index (χ0v) is 9.70. The molecule has 1 rings (SSSR count). The third kappa shape index (κ3) is 5.31. The fraction of sp³-hybridized carbons (Fsp3) is 0.333. The van der Waals surface area contributed by atoms with Gasteiger partial charge in [-0.05, 0) is 12.1 Å². The summed E-state index contributed by atoms with van der Waals surface area (Å²) in [6.07, 6.45) is -1.49. The van der Waals surface area contributed by atoms with Crippen LogP contribution in [0.1, 0.15) is 6.42 Å². The second kappa shape index (κ2) is 7.29.